The van der Waals surface area contributed by atoms with Crippen molar-refractivity contribution in [2.45, 2.75) is 6.54 Å². The minimum Gasteiger partial charge on any atom is -0.378 e. The van der Waals surface area contributed by atoms with Crippen molar-refractivity contribution in [1.82, 2.24) is 8.75 Å². The zero-order chi connectivity index (χ0) is 14.1. The van der Waals surface area contributed by atoms with Crippen LogP contribution < -0.4 is 5.32 Å². The summed E-state index contributed by atoms with van der Waals surface area (Å²) < 4.78 is 21.9. The maximum atomic E-state index is 13.6. The number of fused-ring (bicyclic) bond motifs is 1. The average molecular weight is 328 g/mol. The average Bonchev–Trinajstić information content (AvgIpc) is 2.90. The van der Waals surface area contributed by atoms with E-state index in [9.17, 15) is 4.39 Å². The number of nitrogens with zero attached hydrogens (tertiary/aromatic N) is 2. The van der Waals surface area contributed by atoms with Gasteiger partial charge in [-0.3, -0.25) is 0 Å². The number of aromatic nitrogens is 2. The third-order valence-corrected chi connectivity index (χ3v) is 3.97. The monoisotopic (exact) mass is 327 g/mol. The molecule has 0 saturated carbocycles. The molecule has 0 aliphatic carbocycles. The molecule has 0 fully saturated rings. The Morgan fingerprint density at radius 1 is 1.10 bits per heavy atom. The normalized spacial score (nSPS) is 10.9. The number of hydrogen-bond donors (Lipinski definition) is 1. The molecule has 0 saturated heterocycles. The van der Waals surface area contributed by atoms with E-state index in [4.69, 9.17) is 23.2 Å². The molecule has 0 atom stereocenters. The molecule has 20 heavy (non-hydrogen) atoms. The summed E-state index contributed by atoms with van der Waals surface area (Å²) in [6.07, 6.45) is 0. The zero-order valence-corrected chi connectivity index (χ0v) is 12.4. The summed E-state index contributed by atoms with van der Waals surface area (Å²) in [7, 11) is 0. The molecular weight excluding hydrogens is 320 g/mol. The predicted molar refractivity (Wildman–Crippen MR) is 81.2 cm³/mol. The molecule has 0 spiro atoms. The van der Waals surface area contributed by atoms with Gasteiger partial charge in [-0.15, -0.1) is 0 Å². The lowest BCUT2D eigenvalue weighted by Crippen LogP contribution is -2.03. The first-order valence-corrected chi connectivity index (χ1v) is 7.23. The number of rotatable bonds is 3. The zero-order valence-electron chi connectivity index (χ0n) is 10.0. The summed E-state index contributed by atoms with van der Waals surface area (Å²) in [5.74, 6) is -0.266. The number of nitrogens with one attached hydrogen (secondary N) is 1. The maximum absolute atomic E-state index is 13.6. The van der Waals surface area contributed by atoms with E-state index in [1.165, 1.54) is 6.07 Å². The first kappa shape index (κ1) is 13.5. The van der Waals surface area contributed by atoms with Crippen LogP contribution in [0.2, 0.25) is 10.0 Å². The predicted octanol–water partition coefficient (Wildman–Crippen LogP) is 4.75. The minimum atomic E-state index is -0.266. The van der Waals surface area contributed by atoms with Gasteiger partial charge in [-0.1, -0.05) is 41.4 Å². The Bertz CT molecular complexity index is 775. The van der Waals surface area contributed by atoms with Crippen LogP contribution in [0.1, 0.15) is 5.56 Å². The van der Waals surface area contributed by atoms with Crippen molar-refractivity contribution in [3.05, 3.63) is 51.8 Å². The third kappa shape index (κ3) is 2.44. The largest absolute Gasteiger partial charge is 0.378 e. The van der Waals surface area contributed by atoms with Crippen molar-refractivity contribution < 1.29 is 4.39 Å². The number of anilines is 1. The second-order valence-corrected chi connectivity index (χ2v) is 5.46. The van der Waals surface area contributed by atoms with Gasteiger partial charge in [0.05, 0.1) is 27.5 Å². The smallest absolute Gasteiger partial charge is 0.130 e. The fraction of sp³-hybridized carbons (Fsp3) is 0.0769. The molecule has 0 bridgehead atoms. The van der Waals surface area contributed by atoms with Crippen LogP contribution in [0, 0.1) is 5.82 Å². The van der Waals surface area contributed by atoms with E-state index in [-0.39, 0.29) is 5.82 Å². The van der Waals surface area contributed by atoms with Crippen LogP contribution in [-0.4, -0.2) is 8.75 Å². The highest BCUT2D eigenvalue weighted by atomic mass is 35.5. The van der Waals surface area contributed by atoms with Crippen molar-refractivity contribution in [1.29, 1.82) is 0 Å². The minimum absolute atomic E-state index is 0.266. The van der Waals surface area contributed by atoms with Gasteiger partial charge in [-0.2, -0.15) is 8.75 Å². The molecule has 3 aromatic rings. The molecule has 0 unspecified atom stereocenters. The Morgan fingerprint density at radius 2 is 1.85 bits per heavy atom. The van der Waals surface area contributed by atoms with Crippen LogP contribution in [0.5, 0.6) is 0 Å². The highest BCUT2D eigenvalue weighted by Gasteiger charge is 2.14. The molecule has 0 amide bonds. The lowest BCUT2D eigenvalue weighted by molar-refractivity contribution is 0.613. The quantitative estimate of drug-likeness (QED) is 0.754. The SMILES string of the molecule is Fc1ccccc1CNc1c(Cl)cc(Cl)c2nsnc12. The Hall–Kier alpha value is -1.43. The summed E-state index contributed by atoms with van der Waals surface area (Å²) in [5.41, 5.74) is 2.36. The van der Waals surface area contributed by atoms with E-state index in [0.717, 1.165) is 11.7 Å². The molecule has 1 N–H and O–H groups in total. The van der Waals surface area contributed by atoms with Gasteiger partial charge in [0, 0.05) is 12.1 Å². The van der Waals surface area contributed by atoms with Crippen molar-refractivity contribution in [2.75, 3.05) is 5.32 Å². The van der Waals surface area contributed by atoms with Crippen LogP contribution in [0.3, 0.4) is 0 Å². The van der Waals surface area contributed by atoms with Gasteiger partial charge in [-0.25, -0.2) is 4.39 Å². The first-order valence-electron chi connectivity index (χ1n) is 5.74. The summed E-state index contributed by atoms with van der Waals surface area (Å²) in [6.45, 7) is 0.306. The summed E-state index contributed by atoms with van der Waals surface area (Å²) in [6, 6.07) is 8.17. The number of benzene rings is 2. The second-order valence-electron chi connectivity index (χ2n) is 4.12. The summed E-state index contributed by atoms with van der Waals surface area (Å²) in [4.78, 5) is 0. The number of hydrogen-bond acceptors (Lipinski definition) is 4. The van der Waals surface area contributed by atoms with E-state index in [1.807, 2.05) is 0 Å². The molecule has 3 nitrogen and oxygen atoms in total. The van der Waals surface area contributed by atoms with E-state index >= 15 is 0 Å². The Kier molecular flexibility index (Phi) is 3.74. The van der Waals surface area contributed by atoms with Gasteiger partial charge in [-0.05, 0) is 12.1 Å². The standard InChI is InChI=1S/C13H8Cl2FN3S/c14-8-5-9(15)12-13(19-20-18-12)11(8)17-6-7-3-1-2-4-10(7)16/h1-5,17H,6H2. The van der Waals surface area contributed by atoms with Crippen molar-refractivity contribution in [2.24, 2.45) is 0 Å². The van der Waals surface area contributed by atoms with Crippen LogP contribution in [-0.2, 0) is 6.54 Å². The molecule has 1 aromatic heterocycles. The van der Waals surface area contributed by atoms with E-state index in [0.29, 0.717) is 38.9 Å². The van der Waals surface area contributed by atoms with Crippen molar-refractivity contribution in [3.8, 4) is 0 Å². The van der Waals surface area contributed by atoms with Crippen molar-refractivity contribution in [3.63, 3.8) is 0 Å². The lowest BCUT2D eigenvalue weighted by Gasteiger charge is -2.10. The third-order valence-electron chi connectivity index (χ3n) is 2.86. The molecule has 2 aromatic carbocycles. The molecule has 0 aliphatic rings. The van der Waals surface area contributed by atoms with Crippen LogP contribution in [0.15, 0.2) is 30.3 Å². The maximum Gasteiger partial charge on any atom is 0.130 e. The molecule has 102 valence electrons. The van der Waals surface area contributed by atoms with E-state index in [1.54, 1.807) is 24.3 Å². The fourth-order valence-corrected chi connectivity index (χ4v) is 3.05. The topological polar surface area (TPSA) is 37.8 Å². The summed E-state index contributed by atoms with van der Waals surface area (Å²) in [5, 5.41) is 3.99. The first-order chi connectivity index (χ1) is 9.66. The molecule has 3 rings (SSSR count). The Morgan fingerprint density at radius 3 is 2.65 bits per heavy atom. The highest BCUT2D eigenvalue weighted by Crippen LogP contribution is 2.35. The van der Waals surface area contributed by atoms with Crippen LogP contribution >= 0.6 is 34.9 Å². The van der Waals surface area contributed by atoms with Crippen LogP contribution in [0.25, 0.3) is 11.0 Å². The van der Waals surface area contributed by atoms with Crippen molar-refractivity contribution >= 4 is 51.7 Å². The number of halogens is 3. The van der Waals surface area contributed by atoms with Gasteiger partial charge >= 0.3 is 0 Å². The fourth-order valence-electron chi connectivity index (χ4n) is 1.87. The Labute approximate surface area is 128 Å². The van der Waals surface area contributed by atoms with Gasteiger partial charge in [0.25, 0.3) is 0 Å². The summed E-state index contributed by atoms with van der Waals surface area (Å²) >= 11 is 13.3. The molecular formula is C13H8Cl2FN3S. The molecule has 0 radical (unpaired) electrons. The molecule has 1 heterocycles. The van der Waals surface area contributed by atoms with Gasteiger partial charge < -0.3 is 5.32 Å². The second kappa shape index (κ2) is 5.52. The Balaban J connectivity index is 1.95. The van der Waals surface area contributed by atoms with Gasteiger partial charge in [0.2, 0.25) is 0 Å². The van der Waals surface area contributed by atoms with E-state index in [2.05, 4.69) is 14.1 Å². The highest BCUT2D eigenvalue weighted by molar-refractivity contribution is 7.00. The molecule has 7 heteroatoms. The van der Waals surface area contributed by atoms with Gasteiger partial charge in [0.1, 0.15) is 16.9 Å². The van der Waals surface area contributed by atoms with Crippen LogP contribution in [0.4, 0.5) is 10.1 Å². The molecule has 0 aliphatic heterocycles. The lowest BCUT2D eigenvalue weighted by atomic mass is 10.2. The van der Waals surface area contributed by atoms with E-state index < -0.39 is 0 Å². The van der Waals surface area contributed by atoms with Gasteiger partial charge in [0.15, 0.2) is 0 Å².